The molecule has 0 bridgehead atoms. The van der Waals surface area contributed by atoms with Gasteiger partial charge in [0.05, 0.1) is 4.47 Å². The third-order valence-electron chi connectivity index (χ3n) is 1.77. The minimum atomic E-state index is 0.298. The number of nitrogens with one attached hydrogen (secondary N) is 1. The minimum Gasteiger partial charge on any atom is -0.507 e. The standard InChI is InChI=1S/C9H12BrNO/c1-6-3-9(12)8(10)4-7(6)5-11-2/h3-4,11-12H,5H2,1-2H3. The first kappa shape index (κ1) is 9.55. The first-order chi connectivity index (χ1) is 5.65. The average molecular weight is 230 g/mol. The number of phenols is 1. The van der Waals surface area contributed by atoms with Gasteiger partial charge in [-0.3, -0.25) is 0 Å². The van der Waals surface area contributed by atoms with Crippen molar-refractivity contribution >= 4 is 15.9 Å². The number of benzene rings is 1. The van der Waals surface area contributed by atoms with Gasteiger partial charge in [-0.05, 0) is 53.2 Å². The summed E-state index contributed by atoms with van der Waals surface area (Å²) in [4.78, 5) is 0. The van der Waals surface area contributed by atoms with Gasteiger partial charge >= 0.3 is 0 Å². The fourth-order valence-corrected chi connectivity index (χ4v) is 1.48. The van der Waals surface area contributed by atoms with Crippen molar-refractivity contribution in [2.45, 2.75) is 13.5 Å². The van der Waals surface area contributed by atoms with E-state index in [1.54, 1.807) is 6.07 Å². The first-order valence-electron chi connectivity index (χ1n) is 3.77. The van der Waals surface area contributed by atoms with Crippen LogP contribution in [0.3, 0.4) is 0 Å². The molecule has 66 valence electrons. The SMILES string of the molecule is CNCc1cc(Br)c(O)cc1C. The van der Waals surface area contributed by atoms with Crippen LogP contribution in [0, 0.1) is 6.92 Å². The van der Waals surface area contributed by atoms with E-state index in [1.165, 1.54) is 5.56 Å². The fourth-order valence-electron chi connectivity index (χ4n) is 1.09. The van der Waals surface area contributed by atoms with E-state index >= 15 is 0 Å². The second kappa shape index (κ2) is 3.92. The first-order valence-corrected chi connectivity index (χ1v) is 4.57. The van der Waals surface area contributed by atoms with Gasteiger partial charge in [0.15, 0.2) is 0 Å². The molecule has 0 aliphatic carbocycles. The maximum atomic E-state index is 9.33. The van der Waals surface area contributed by atoms with Gasteiger partial charge in [0.1, 0.15) is 5.75 Å². The molecule has 0 spiro atoms. The highest BCUT2D eigenvalue weighted by Crippen LogP contribution is 2.26. The van der Waals surface area contributed by atoms with E-state index in [0.29, 0.717) is 5.75 Å². The highest BCUT2D eigenvalue weighted by Gasteiger charge is 2.02. The van der Waals surface area contributed by atoms with Crippen LogP contribution in [0.25, 0.3) is 0 Å². The Morgan fingerprint density at radius 2 is 2.17 bits per heavy atom. The van der Waals surface area contributed by atoms with E-state index in [0.717, 1.165) is 16.6 Å². The summed E-state index contributed by atoms with van der Waals surface area (Å²) in [6.45, 7) is 2.81. The largest absolute Gasteiger partial charge is 0.507 e. The third kappa shape index (κ3) is 1.99. The zero-order valence-corrected chi connectivity index (χ0v) is 8.77. The van der Waals surface area contributed by atoms with Gasteiger partial charge in [-0.2, -0.15) is 0 Å². The van der Waals surface area contributed by atoms with E-state index in [-0.39, 0.29) is 0 Å². The Bertz CT molecular complexity index is 286. The smallest absolute Gasteiger partial charge is 0.130 e. The van der Waals surface area contributed by atoms with Crippen molar-refractivity contribution in [3.63, 3.8) is 0 Å². The molecule has 0 aliphatic heterocycles. The Morgan fingerprint density at radius 1 is 1.50 bits per heavy atom. The summed E-state index contributed by atoms with van der Waals surface area (Å²) < 4.78 is 0.748. The predicted octanol–water partition coefficient (Wildman–Crippen LogP) is 2.18. The molecule has 0 atom stereocenters. The highest BCUT2D eigenvalue weighted by atomic mass is 79.9. The van der Waals surface area contributed by atoms with E-state index in [1.807, 2.05) is 20.0 Å². The predicted molar refractivity (Wildman–Crippen MR) is 53.3 cm³/mol. The topological polar surface area (TPSA) is 32.3 Å². The molecule has 0 saturated carbocycles. The zero-order valence-electron chi connectivity index (χ0n) is 7.19. The number of phenolic OH excluding ortho intramolecular Hbond substituents is 1. The lowest BCUT2D eigenvalue weighted by atomic mass is 10.1. The van der Waals surface area contributed by atoms with Crippen LogP contribution in [0.5, 0.6) is 5.75 Å². The summed E-state index contributed by atoms with van der Waals surface area (Å²) in [6, 6.07) is 3.69. The highest BCUT2D eigenvalue weighted by molar-refractivity contribution is 9.10. The Labute approximate surface area is 80.7 Å². The molecular formula is C9H12BrNO. The van der Waals surface area contributed by atoms with E-state index in [4.69, 9.17) is 0 Å². The number of hydrogen-bond acceptors (Lipinski definition) is 2. The number of hydrogen-bond donors (Lipinski definition) is 2. The molecule has 0 unspecified atom stereocenters. The third-order valence-corrected chi connectivity index (χ3v) is 2.41. The van der Waals surface area contributed by atoms with Crippen molar-refractivity contribution in [1.82, 2.24) is 5.32 Å². The van der Waals surface area contributed by atoms with Crippen LogP contribution in [-0.2, 0) is 6.54 Å². The normalized spacial score (nSPS) is 10.2. The molecule has 2 N–H and O–H groups in total. The van der Waals surface area contributed by atoms with Crippen LogP contribution in [0.4, 0.5) is 0 Å². The molecular weight excluding hydrogens is 218 g/mol. The van der Waals surface area contributed by atoms with E-state index in [9.17, 15) is 5.11 Å². The van der Waals surface area contributed by atoms with Gasteiger partial charge in [-0.15, -0.1) is 0 Å². The van der Waals surface area contributed by atoms with Crippen molar-refractivity contribution in [3.8, 4) is 5.75 Å². The van der Waals surface area contributed by atoms with Crippen molar-refractivity contribution in [2.24, 2.45) is 0 Å². The molecule has 0 amide bonds. The molecule has 0 saturated heterocycles. The summed E-state index contributed by atoms with van der Waals surface area (Å²) in [6.07, 6.45) is 0. The molecule has 0 radical (unpaired) electrons. The van der Waals surface area contributed by atoms with Gasteiger partial charge in [-0.1, -0.05) is 0 Å². The quantitative estimate of drug-likeness (QED) is 0.816. The molecule has 1 aromatic rings. The molecule has 2 nitrogen and oxygen atoms in total. The van der Waals surface area contributed by atoms with Gasteiger partial charge in [0, 0.05) is 6.54 Å². The van der Waals surface area contributed by atoms with Gasteiger partial charge in [-0.25, -0.2) is 0 Å². The Balaban J connectivity index is 3.05. The Morgan fingerprint density at radius 3 is 2.75 bits per heavy atom. The monoisotopic (exact) mass is 229 g/mol. The van der Waals surface area contributed by atoms with Crippen molar-refractivity contribution in [2.75, 3.05) is 7.05 Å². The molecule has 0 aromatic heterocycles. The fraction of sp³-hybridized carbons (Fsp3) is 0.333. The summed E-state index contributed by atoms with van der Waals surface area (Å²) in [7, 11) is 1.90. The summed E-state index contributed by atoms with van der Waals surface area (Å²) in [5.41, 5.74) is 2.30. The Hall–Kier alpha value is -0.540. The zero-order chi connectivity index (χ0) is 9.14. The van der Waals surface area contributed by atoms with E-state index < -0.39 is 0 Å². The number of aryl methyl sites for hydroxylation is 1. The molecule has 0 heterocycles. The lowest BCUT2D eigenvalue weighted by Crippen LogP contribution is -2.06. The molecule has 12 heavy (non-hydrogen) atoms. The summed E-state index contributed by atoms with van der Waals surface area (Å²) in [5, 5.41) is 12.4. The van der Waals surface area contributed by atoms with Gasteiger partial charge < -0.3 is 10.4 Å². The van der Waals surface area contributed by atoms with Crippen LogP contribution in [0.1, 0.15) is 11.1 Å². The summed E-state index contributed by atoms with van der Waals surface area (Å²) >= 11 is 3.27. The lowest BCUT2D eigenvalue weighted by molar-refractivity contribution is 0.471. The van der Waals surface area contributed by atoms with Crippen molar-refractivity contribution in [1.29, 1.82) is 0 Å². The number of aromatic hydroxyl groups is 1. The van der Waals surface area contributed by atoms with Crippen LogP contribution < -0.4 is 5.32 Å². The summed E-state index contributed by atoms with van der Waals surface area (Å²) in [5.74, 6) is 0.298. The van der Waals surface area contributed by atoms with Gasteiger partial charge in [0.25, 0.3) is 0 Å². The molecule has 1 rings (SSSR count). The maximum Gasteiger partial charge on any atom is 0.130 e. The average Bonchev–Trinajstić information content (AvgIpc) is 2.01. The molecule has 0 aliphatic rings. The van der Waals surface area contributed by atoms with Crippen molar-refractivity contribution in [3.05, 3.63) is 27.7 Å². The lowest BCUT2D eigenvalue weighted by Gasteiger charge is -2.06. The van der Waals surface area contributed by atoms with E-state index in [2.05, 4.69) is 21.2 Å². The molecule has 3 heteroatoms. The van der Waals surface area contributed by atoms with Crippen LogP contribution in [0.2, 0.25) is 0 Å². The maximum absolute atomic E-state index is 9.33. The molecule has 1 aromatic carbocycles. The Kier molecular flexibility index (Phi) is 3.12. The minimum absolute atomic E-state index is 0.298. The van der Waals surface area contributed by atoms with Crippen LogP contribution >= 0.6 is 15.9 Å². The van der Waals surface area contributed by atoms with Crippen LogP contribution in [0.15, 0.2) is 16.6 Å². The molecule has 0 fully saturated rings. The van der Waals surface area contributed by atoms with Gasteiger partial charge in [0.2, 0.25) is 0 Å². The van der Waals surface area contributed by atoms with Crippen molar-refractivity contribution < 1.29 is 5.11 Å². The second-order valence-electron chi connectivity index (χ2n) is 2.76. The number of halogens is 1. The second-order valence-corrected chi connectivity index (χ2v) is 3.61. The number of rotatable bonds is 2. The van der Waals surface area contributed by atoms with Crippen LogP contribution in [-0.4, -0.2) is 12.2 Å².